The molecule has 2 aromatic carbocycles. The van der Waals surface area contributed by atoms with Crippen LogP contribution in [0.2, 0.25) is 0 Å². The van der Waals surface area contributed by atoms with Crippen molar-refractivity contribution in [2.75, 3.05) is 5.73 Å². The number of hydrogen-bond acceptors (Lipinski definition) is 3. The van der Waals surface area contributed by atoms with Crippen molar-refractivity contribution < 1.29 is 0 Å². The summed E-state index contributed by atoms with van der Waals surface area (Å²) in [4.78, 5) is 0. The second-order valence-corrected chi connectivity index (χ2v) is 4.45. The number of hydrogen-bond donors (Lipinski definition) is 1. The van der Waals surface area contributed by atoms with Crippen LogP contribution in [0.3, 0.4) is 0 Å². The lowest BCUT2D eigenvalue weighted by molar-refractivity contribution is 0.880. The Morgan fingerprint density at radius 1 is 0.950 bits per heavy atom. The Morgan fingerprint density at radius 3 is 2.30 bits per heavy atom. The summed E-state index contributed by atoms with van der Waals surface area (Å²) in [5, 5.41) is 13.1. The maximum Gasteiger partial charge on any atom is 0.0991 e. The normalized spacial score (nSPS) is 10.2. The Morgan fingerprint density at radius 2 is 1.65 bits per heavy atom. The predicted octanol–water partition coefficient (Wildman–Crippen LogP) is 2.99. The molecule has 0 aliphatic heterocycles. The summed E-state index contributed by atoms with van der Waals surface area (Å²) in [5.74, 6) is 0. The smallest absolute Gasteiger partial charge is 0.0991 e. The molecular formula is C16H12N4. The van der Waals surface area contributed by atoms with Gasteiger partial charge in [-0.3, -0.25) is 0 Å². The van der Waals surface area contributed by atoms with E-state index in [0.29, 0.717) is 5.56 Å². The first-order valence-corrected chi connectivity index (χ1v) is 6.17. The molecule has 4 nitrogen and oxygen atoms in total. The fourth-order valence-corrected chi connectivity index (χ4v) is 1.98. The number of nitrogen functional groups attached to an aromatic ring is 1. The van der Waals surface area contributed by atoms with E-state index >= 15 is 0 Å². The van der Waals surface area contributed by atoms with Crippen LogP contribution >= 0.6 is 0 Å². The van der Waals surface area contributed by atoms with Crippen molar-refractivity contribution >= 4 is 5.69 Å². The van der Waals surface area contributed by atoms with Gasteiger partial charge in [-0.1, -0.05) is 12.1 Å². The van der Waals surface area contributed by atoms with Gasteiger partial charge in [-0.05, 0) is 42.0 Å². The van der Waals surface area contributed by atoms with E-state index in [9.17, 15) is 0 Å². The summed E-state index contributed by atoms with van der Waals surface area (Å²) >= 11 is 0. The van der Waals surface area contributed by atoms with E-state index in [2.05, 4.69) is 11.2 Å². The van der Waals surface area contributed by atoms with Gasteiger partial charge >= 0.3 is 0 Å². The topological polar surface area (TPSA) is 67.6 Å². The fraction of sp³-hybridized carbons (Fsp3) is 0. The lowest BCUT2D eigenvalue weighted by Gasteiger charge is -2.00. The maximum absolute atomic E-state index is 8.79. The van der Waals surface area contributed by atoms with E-state index in [1.54, 1.807) is 16.8 Å². The van der Waals surface area contributed by atoms with E-state index in [4.69, 9.17) is 11.0 Å². The van der Waals surface area contributed by atoms with Gasteiger partial charge in [-0.15, -0.1) is 0 Å². The van der Waals surface area contributed by atoms with Crippen LogP contribution in [0.15, 0.2) is 60.9 Å². The van der Waals surface area contributed by atoms with Gasteiger partial charge in [0.25, 0.3) is 0 Å². The van der Waals surface area contributed by atoms with Crippen LogP contribution < -0.4 is 5.73 Å². The molecule has 20 heavy (non-hydrogen) atoms. The first kappa shape index (κ1) is 12.0. The number of aromatic nitrogens is 2. The van der Waals surface area contributed by atoms with Crippen LogP contribution in [-0.4, -0.2) is 9.78 Å². The molecule has 0 atom stereocenters. The lowest BCUT2D eigenvalue weighted by atomic mass is 10.1. The van der Waals surface area contributed by atoms with Crippen LogP contribution in [0.1, 0.15) is 5.56 Å². The van der Waals surface area contributed by atoms with Crippen LogP contribution in [0, 0.1) is 11.3 Å². The highest BCUT2D eigenvalue weighted by atomic mass is 15.3. The van der Waals surface area contributed by atoms with E-state index in [-0.39, 0.29) is 0 Å². The van der Waals surface area contributed by atoms with Gasteiger partial charge < -0.3 is 5.73 Å². The molecule has 0 aliphatic carbocycles. The Kier molecular flexibility index (Phi) is 2.94. The van der Waals surface area contributed by atoms with Gasteiger partial charge in [0.1, 0.15) is 0 Å². The van der Waals surface area contributed by atoms with Crippen molar-refractivity contribution in [3.05, 3.63) is 66.5 Å². The number of anilines is 1. The van der Waals surface area contributed by atoms with E-state index in [1.807, 2.05) is 48.8 Å². The van der Waals surface area contributed by atoms with E-state index in [0.717, 1.165) is 22.5 Å². The Bertz CT molecular complexity index is 761. The van der Waals surface area contributed by atoms with Crippen LogP contribution in [0.5, 0.6) is 0 Å². The highest BCUT2D eigenvalue weighted by molar-refractivity contribution is 5.64. The molecule has 0 spiro atoms. The van der Waals surface area contributed by atoms with Gasteiger partial charge in [0, 0.05) is 17.4 Å². The zero-order chi connectivity index (χ0) is 13.9. The number of benzene rings is 2. The second kappa shape index (κ2) is 4.90. The molecule has 3 aromatic rings. The quantitative estimate of drug-likeness (QED) is 0.720. The van der Waals surface area contributed by atoms with Crippen molar-refractivity contribution in [2.45, 2.75) is 0 Å². The molecule has 96 valence electrons. The Balaban J connectivity index is 1.93. The summed E-state index contributed by atoms with van der Waals surface area (Å²) in [6.07, 6.45) is 3.76. The number of nitrogens with zero attached hydrogens (tertiary/aromatic N) is 3. The third-order valence-corrected chi connectivity index (χ3v) is 3.09. The standard InChI is InChI=1S/C16H12N4/c17-9-12-1-7-16(8-2-12)20-11-14(10-19-20)13-3-5-15(18)6-4-13/h1-8,10-11H,18H2. The summed E-state index contributed by atoms with van der Waals surface area (Å²) in [6, 6.07) is 17.1. The molecule has 3 rings (SSSR count). The Labute approximate surface area is 116 Å². The maximum atomic E-state index is 8.79. The van der Waals surface area contributed by atoms with Crippen LogP contribution in [-0.2, 0) is 0 Å². The van der Waals surface area contributed by atoms with Crippen molar-refractivity contribution in [3.8, 4) is 22.9 Å². The highest BCUT2D eigenvalue weighted by Gasteiger charge is 2.03. The minimum absolute atomic E-state index is 0.639. The molecule has 4 heteroatoms. The number of nitriles is 1. The largest absolute Gasteiger partial charge is 0.399 e. The van der Waals surface area contributed by atoms with Crippen molar-refractivity contribution in [1.82, 2.24) is 9.78 Å². The Hall–Kier alpha value is -3.06. The van der Waals surface area contributed by atoms with E-state index in [1.165, 1.54) is 0 Å². The molecule has 0 amide bonds. The molecule has 0 saturated carbocycles. The molecule has 0 fully saturated rings. The molecule has 2 N–H and O–H groups in total. The summed E-state index contributed by atoms with van der Waals surface area (Å²) < 4.78 is 1.78. The van der Waals surface area contributed by atoms with Gasteiger partial charge in [0.05, 0.1) is 23.5 Å². The first-order valence-electron chi connectivity index (χ1n) is 6.17. The molecule has 0 saturated heterocycles. The summed E-state index contributed by atoms with van der Waals surface area (Å²) in [6.45, 7) is 0. The second-order valence-electron chi connectivity index (χ2n) is 4.45. The molecule has 0 bridgehead atoms. The van der Waals surface area contributed by atoms with Crippen LogP contribution in [0.25, 0.3) is 16.8 Å². The molecular weight excluding hydrogens is 248 g/mol. The first-order chi connectivity index (χ1) is 9.76. The third-order valence-electron chi connectivity index (χ3n) is 3.09. The van der Waals surface area contributed by atoms with Crippen molar-refractivity contribution in [1.29, 1.82) is 5.26 Å². The molecule has 0 unspecified atom stereocenters. The molecule has 1 heterocycles. The monoisotopic (exact) mass is 260 g/mol. The minimum Gasteiger partial charge on any atom is -0.399 e. The van der Waals surface area contributed by atoms with Gasteiger partial charge in [-0.25, -0.2) is 4.68 Å². The molecule has 0 aliphatic rings. The third kappa shape index (κ3) is 2.25. The van der Waals surface area contributed by atoms with Crippen molar-refractivity contribution in [2.24, 2.45) is 0 Å². The predicted molar refractivity (Wildman–Crippen MR) is 78.1 cm³/mol. The lowest BCUT2D eigenvalue weighted by Crippen LogP contribution is -1.93. The molecule has 1 aromatic heterocycles. The zero-order valence-corrected chi connectivity index (χ0v) is 10.7. The average Bonchev–Trinajstić information content (AvgIpc) is 2.98. The summed E-state index contributed by atoms with van der Waals surface area (Å²) in [5.41, 5.74) is 10.1. The number of nitrogens with two attached hydrogens (primary N) is 1. The fourth-order valence-electron chi connectivity index (χ4n) is 1.98. The highest BCUT2D eigenvalue weighted by Crippen LogP contribution is 2.21. The van der Waals surface area contributed by atoms with Gasteiger partial charge in [0.2, 0.25) is 0 Å². The zero-order valence-electron chi connectivity index (χ0n) is 10.7. The summed E-state index contributed by atoms with van der Waals surface area (Å²) in [7, 11) is 0. The average molecular weight is 260 g/mol. The minimum atomic E-state index is 0.639. The van der Waals surface area contributed by atoms with Crippen molar-refractivity contribution in [3.63, 3.8) is 0 Å². The molecule has 0 radical (unpaired) electrons. The number of rotatable bonds is 2. The van der Waals surface area contributed by atoms with Crippen LogP contribution in [0.4, 0.5) is 5.69 Å². The van der Waals surface area contributed by atoms with Gasteiger partial charge in [0.15, 0.2) is 0 Å². The van der Waals surface area contributed by atoms with Gasteiger partial charge in [-0.2, -0.15) is 10.4 Å². The SMILES string of the molecule is N#Cc1ccc(-n2cc(-c3ccc(N)cc3)cn2)cc1. The van der Waals surface area contributed by atoms with E-state index < -0.39 is 0 Å².